The van der Waals surface area contributed by atoms with E-state index in [-0.39, 0.29) is 11.9 Å². The molecule has 0 aliphatic carbocycles. The van der Waals surface area contributed by atoms with Crippen LogP contribution < -0.4 is 11.1 Å². The summed E-state index contributed by atoms with van der Waals surface area (Å²) in [5.41, 5.74) is 6.32. The number of nitriles is 1. The number of nitrogens with two attached hydrogens (primary N) is 1. The maximum atomic E-state index is 12.0. The van der Waals surface area contributed by atoms with Gasteiger partial charge in [0.2, 0.25) is 5.91 Å². The van der Waals surface area contributed by atoms with E-state index in [1.165, 1.54) is 5.56 Å². The van der Waals surface area contributed by atoms with Gasteiger partial charge in [-0.05, 0) is 25.3 Å². The summed E-state index contributed by atoms with van der Waals surface area (Å²) in [5.74, 6) is -0.959. The second-order valence-electron chi connectivity index (χ2n) is 6.27. The van der Waals surface area contributed by atoms with Crippen LogP contribution in [0.1, 0.15) is 31.4 Å². The number of rotatable bonds is 2. The van der Waals surface area contributed by atoms with Gasteiger partial charge < -0.3 is 5.73 Å². The van der Waals surface area contributed by atoms with E-state index in [4.69, 9.17) is 5.73 Å². The molecule has 6 nitrogen and oxygen atoms in total. The lowest BCUT2D eigenvalue weighted by Crippen LogP contribution is -2.58. The van der Waals surface area contributed by atoms with Crippen molar-refractivity contribution in [3.05, 3.63) is 35.9 Å². The van der Waals surface area contributed by atoms with Crippen LogP contribution in [0.2, 0.25) is 0 Å². The van der Waals surface area contributed by atoms with E-state index in [0.717, 1.165) is 13.1 Å². The van der Waals surface area contributed by atoms with Crippen molar-refractivity contribution in [2.24, 2.45) is 16.6 Å². The van der Waals surface area contributed by atoms with Crippen LogP contribution in [0.15, 0.2) is 35.3 Å². The zero-order chi connectivity index (χ0) is 16.4. The van der Waals surface area contributed by atoms with Crippen molar-refractivity contribution in [2.75, 3.05) is 13.1 Å². The van der Waals surface area contributed by atoms with Gasteiger partial charge in [0.15, 0.2) is 11.9 Å². The van der Waals surface area contributed by atoms with Crippen LogP contribution in [0.5, 0.6) is 0 Å². The second-order valence-corrected chi connectivity index (χ2v) is 6.27. The van der Waals surface area contributed by atoms with Crippen molar-refractivity contribution >= 4 is 11.9 Å². The van der Waals surface area contributed by atoms with Crippen molar-refractivity contribution in [3.8, 4) is 6.07 Å². The number of carbonyl (C=O) groups is 1. The Bertz CT molecular complexity index is 655. The minimum Gasteiger partial charge on any atom is -0.370 e. The van der Waals surface area contributed by atoms with Crippen LogP contribution in [0.3, 0.4) is 0 Å². The Hall–Kier alpha value is -2.39. The van der Waals surface area contributed by atoms with Crippen LogP contribution in [0.4, 0.5) is 0 Å². The number of likely N-dealkylation sites (tertiary alicyclic amines) is 1. The molecule has 0 saturated carbocycles. The van der Waals surface area contributed by atoms with Gasteiger partial charge in [-0.15, -0.1) is 0 Å². The van der Waals surface area contributed by atoms with Crippen LogP contribution in [0, 0.1) is 17.2 Å². The minimum absolute atomic E-state index is 0.131. The molecular formula is C17H21N5O. The summed E-state index contributed by atoms with van der Waals surface area (Å²) in [4.78, 5) is 18.9. The number of aliphatic imine (C=N–C) groups is 1. The average Bonchev–Trinajstić information content (AvgIpc) is 2.55. The summed E-state index contributed by atoms with van der Waals surface area (Å²) in [6, 6.07) is 12.8. The predicted octanol–water partition coefficient (Wildman–Crippen LogP) is 1.17. The van der Waals surface area contributed by atoms with E-state index < -0.39 is 11.5 Å². The summed E-state index contributed by atoms with van der Waals surface area (Å²) in [7, 11) is 0. The van der Waals surface area contributed by atoms with E-state index in [2.05, 4.69) is 40.3 Å². The largest absolute Gasteiger partial charge is 0.370 e. The molecule has 1 saturated heterocycles. The van der Waals surface area contributed by atoms with Crippen LogP contribution in [-0.2, 0) is 4.79 Å². The van der Waals surface area contributed by atoms with Crippen molar-refractivity contribution in [3.63, 3.8) is 0 Å². The molecule has 1 aromatic rings. The van der Waals surface area contributed by atoms with Crippen LogP contribution in [0.25, 0.3) is 0 Å². The van der Waals surface area contributed by atoms with Gasteiger partial charge in [-0.2, -0.15) is 5.26 Å². The standard InChI is InChI=1S/C17H21N5O/c1-12(13-5-3-2-4-6-13)22-9-7-17(8-10-22)14(11-18)15(23)20-16(19)21-17/h2-6,12,14H,7-10H2,1H3,(H3,19,20,21,23). The number of piperidine rings is 1. The molecule has 23 heavy (non-hydrogen) atoms. The Labute approximate surface area is 136 Å². The third-order valence-electron chi connectivity index (χ3n) is 5.02. The van der Waals surface area contributed by atoms with Crippen molar-refractivity contribution in [2.45, 2.75) is 31.3 Å². The first-order valence-corrected chi connectivity index (χ1v) is 7.90. The Kier molecular flexibility index (Phi) is 4.05. The topological polar surface area (TPSA) is 94.5 Å². The van der Waals surface area contributed by atoms with E-state index >= 15 is 0 Å². The minimum atomic E-state index is -0.760. The van der Waals surface area contributed by atoms with Crippen molar-refractivity contribution < 1.29 is 4.79 Å². The summed E-state index contributed by atoms with van der Waals surface area (Å²) in [5, 5.41) is 11.8. The lowest BCUT2D eigenvalue weighted by atomic mass is 9.75. The number of benzene rings is 1. The van der Waals surface area contributed by atoms with E-state index in [9.17, 15) is 10.1 Å². The third kappa shape index (κ3) is 2.80. The van der Waals surface area contributed by atoms with Gasteiger partial charge in [-0.1, -0.05) is 30.3 Å². The number of amides is 1. The van der Waals surface area contributed by atoms with E-state index in [0.29, 0.717) is 18.9 Å². The molecule has 0 aromatic heterocycles. The molecule has 3 rings (SSSR count). The third-order valence-corrected chi connectivity index (χ3v) is 5.02. The molecule has 2 aliphatic heterocycles. The van der Waals surface area contributed by atoms with Gasteiger partial charge in [-0.3, -0.25) is 15.0 Å². The van der Waals surface area contributed by atoms with Gasteiger partial charge in [0.05, 0.1) is 11.6 Å². The lowest BCUT2D eigenvalue weighted by Gasteiger charge is -2.44. The first kappa shape index (κ1) is 15.5. The Morgan fingerprint density at radius 1 is 1.39 bits per heavy atom. The molecule has 1 aromatic carbocycles. The molecule has 0 bridgehead atoms. The smallest absolute Gasteiger partial charge is 0.246 e. The molecule has 2 aliphatic rings. The quantitative estimate of drug-likeness (QED) is 0.857. The van der Waals surface area contributed by atoms with Gasteiger partial charge in [0.1, 0.15) is 0 Å². The maximum absolute atomic E-state index is 12.0. The molecule has 2 heterocycles. The zero-order valence-corrected chi connectivity index (χ0v) is 13.2. The molecule has 1 amide bonds. The maximum Gasteiger partial charge on any atom is 0.246 e. The SMILES string of the molecule is CC(c1ccccc1)N1CCC2(CC1)N=C(N)NC(=O)C2C#N. The first-order chi connectivity index (χ1) is 11.1. The highest BCUT2D eigenvalue weighted by Crippen LogP contribution is 2.38. The normalized spacial score (nSPS) is 25.3. The highest BCUT2D eigenvalue weighted by Gasteiger charge is 2.48. The highest BCUT2D eigenvalue weighted by atomic mass is 16.2. The van der Waals surface area contributed by atoms with Crippen LogP contribution >= 0.6 is 0 Å². The number of carbonyl (C=O) groups excluding carboxylic acids is 1. The Morgan fingerprint density at radius 3 is 2.65 bits per heavy atom. The fraction of sp³-hybridized carbons (Fsp3) is 0.471. The average molecular weight is 311 g/mol. The number of nitrogens with zero attached hydrogens (tertiary/aromatic N) is 3. The molecule has 120 valence electrons. The molecule has 6 heteroatoms. The number of guanidine groups is 1. The van der Waals surface area contributed by atoms with Gasteiger partial charge in [0, 0.05) is 19.1 Å². The summed E-state index contributed by atoms with van der Waals surface area (Å²) < 4.78 is 0. The molecule has 1 fully saturated rings. The summed E-state index contributed by atoms with van der Waals surface area (Å²) in [6.45, 7) is 3.76. The van der Waals surface area contributed by atoms with Crippen LogP contribution in [-0.4, -0.2) is 35.4 Å². The number of hydrogen-bond acceptors (Lipinski definition) is 5. The van der Waals surface area contributed by atoms with E-state index in [1.807, 2.05) is 18.2 Å². The molecule has 2 unspecified atom stereocenters. The second kappa shape index (κ2) is 6.01. The molecule has 1 spiro atoms. The predicted molar refractivity (Wildman–Crippen MR) is 87.3 cm³/mol. The Morgan fingerprint density at radius 2 is 2.04 bits per heavy atom. The monoisotopic (exact) mass is 311 g/mol. The van der Waals surface area contributed by atoms with Gasteiger partial charge >= 0.3 is 0 Å². The van der Waals surface area contributed by atoms with Crippen molar-refractivity contribution in [1.29, 1.82) is 5.26 Å². The van der Waals surface area contributed by atoms with Gasteiger partial charge in [-0.25, -0.2) is 4.99 Å². The highest BCUT2D eigenvalue weighted by molar-refractivity contribution is 6.01. The fourth-order valence-electron chi connectivity index (χ4n) is 3.59. The number of hydrogen-bond donors (Lipinski definition) is 2. The lowest BCUT2D eigenvalue weighted by molar-refractivity contribution is -0.125. The molecule has 2 atom stereocenters. The van der Waals surface area contributed by atoms with Gasteiger partial charge in [0.25, 0.3) is 0 Å². The number of nitrogens with one attached hydrogen (secondary N) is 1. The molecular weight excluding hydrogens is 290 g/mol. The summed E-state index contributed by atoms with van der Waals surface area (Å²) in [6.07, 6.45) is 1.33. The van der Waals surface area contributed by atoms with Crippen molar-refractivity contribution in [1.82, 2.24) is 10.2 Å². The van der Waals surface area contributed by atoms with E-state index in [1.54, 1.807) is 0 Å². The fourth-order valence-corrected chi connectivity index (χ4v) is 3.59. The Balaban J connectivity index is 1.76. The summed E-state index contributed by atoms with van der Waals surface area (Å²) >= 11 is 0. The molecule has 0 radical (unpaired) electrons. The first-order valence-electron chi connectivity index (χ1n) is 7.90. The zero-order valence-electron chi connectivity index (χ0n) is 13.2. The molecule has 3 N–H and O–H groups in total.